The van der Waals surface area contributed by atoms with Crippen LogP contribution < -0.4 is 5.63 Å². The van der Waals surface area contributed by atoms with Crippen LogP contribution in [0.1, 0.15) is 46.5 Å². The molecule has 0 bridgehead atoms. The predicted molar refractivity (Wildman–Crippen MR) is 101 cm³/mol. The molecule has 2 aromatic heterocycles. The molecule has 0 spiro atoms. The SMILES string of the molecule is CC1c2ccsc2CCN1Cc1cc(=O)oc2cc3c(cc12)CCC3. The number of benzene rings is 1. The number of nitrogens with zero attached hydrogens (tertiary/aromatic N) is 1. The Morgan fingerprint density at radius 2 is 2.04 bits per heavy atom. The van der Waals surface area contributed by atoms with Crippen LogP contribution in [0, 0.1) is 0 Å². The second-order valence-electron chi connectivity index (χ2n) is 7.26. The summed E-state index contributed by atoms with van der Waals surface area (Å²) in [6, 6.07) is 8.70. The second kappa shape index (κ2) is 5.82. The quantitative estimate of drug-likeness (QED) is 0.639. The highest BCUT2D eigenvalue weighted by molar-refractivity contribution is 7.10. The van der Waals surface area contributed by atoms with Gasteiger partial charge in [0.1, 0.15) is 5.58 Å². The van der Waals surface area contributed by atoms with Crippen molar-refractivity contribution in [3.63, 3.8) is 0 Å². The molecule has 0 saturated heterocycles. The minimum absolute atomic E-state index is 0.235. The fraction of sp³-hybridized carbons (Fsp3) is 0.381. The van der Waals surface area contributed by atoms with Crippen molar-refractivity contribution < 1.29 is 4.42 Å². The first-order valence-corrected chi connectivity index (χ1v) is 9.96. The Morgan fingerprint density at radius 3 is 2.92 bits per heavy atom. The van der Waals surface area contributed by atoms with E-state index in [-0.39, 0.29) is 5.63 Å². The maximum absolute atomic E-state index is 12.1. The van der Waals surface area contributed by atoms with E-state index < -0.39 is 0 Å². The molecule has 0 N–H and O–H groups in total. The Labute approximate surface area is 150 Å². The first-order chi connectivity index (χ1) is 12.2. The van der Waals surface area contributed by atoms with Gasteiger partial charge in [0.2, 0.25) is 0 Å². The van der Waals surface area contributed by atoms with E-state index in [0.29, 0.717) is 6.04 Å². The van der Waals surface area contributed by atoms with E-state index in [0.717, 1.165) is 48.9 Å². The van der Waals surface area contributed by atoms with Crippen molar-refractivity contribution in [1.29, 1.82) is 0 Å². The summed E-state index contributed by atoms with van der Waals surface area (Å²) in [5.74, 6) is 0. The molecule has 0 saturated carbocycles. The van der Waals surface area contributed by atoms with E-state index in [1.165, 1.54) is 28.0 Å². The summed E-state index contributed by atoms with van der Waals surface area (Å²) in [6.07, 6.45) is 4.55. The molecule has 1 aromatic carbocycles. The van der Waals surface area contributed by atoms with Gasteiger partial charge in [0.05, 0.1) is 0 Å². The maximum Gasteiger partial charge on any atom is 0.336 e. The summed E-state index contributed by atoms with van der Waals surface area (Å²) in [5, 5.41) is 3.31. The first kappa shape index (κ1) is 15.4. The lowest BCUT2D eigenvalue weighted by Crippen LogP contribution is -2.32. The standard InChI is InChI=1S/C21H21NO2S/c1-13-17-6-8-25-20(17)5-7-22(13)12-16-11-21(23)24-19-10-15-4-2-3-14(15)9-18(16)19/h6,8-11,13H,2-5,7,12H2,1H3. The molecule has 5 rings (SSSR count). The van der Waals surface area contributed by atoms with Crippen molar-refractivity contribution in [2.75, 3.05) is 6.54 Å². The van der Waals surface area contributed by atoms with Crippen molar-refractivity contribution in [3.8, 4) is 0 Å². The van der Waals surface area contributed by atoms with Crippen molar-refractivity contribution in [2.24, 2.45) is 0 Å². The molecule has 25 heavy (non-hydrogen) atoms. The van der Waals surface area contributed by atoms with Crippen LogP contribution in [0.4, 0.5) is 0 Å². The Hall–Kier alpha value is -1.91. The Balaban J connectivity index is 1.56. The van der Waals surface area contributed by atoms with Crippen LogP contribution in [0.2, 0.25) is 0 Å². The largest absolute Gasteiger partial charge is 0.423 e. The zero-order valence-corrected chi connectivity index (χ0v) is 15.2. The fourth-order valence-corrected chi connectivity index (χ4v) is 5.38. The van der Waals surface area contributed by atoms with Crippen LogP contribution in [0.5, 0.6) is 0 Å². The number of thiophene rings is 1. The van der Waals surface area contributed by atoms with E-state index in [9.17, 15) is 4.79 Å². The zero-order valence-electron chi connectivity index (χ0n) is 14.4. The number of aryl methyl sites for hydroxylation is 2. The van der Waals surface area contributed by atoms with Gasteiger partial charge >= 0.3 is 5.63 Å². The molecular formula is C21H21NO2S. The molecule has 0 radical (unpaired) electrons. The molecular weight excluding hydrogens is 330 g/mol. The third-order valence-corrected chi connectivity index (χ3v) is 6.82. The molecule has 3 heterocycles. The van der Waals surface area contributed by atoms with Crippen molar-refractivity contribution in [3.05, 3.63) is 67.2 Å². The lowest BCUT2D eigenvalue weighted by Gasteiger charge is -2.33. The predicted octanol–water partition coefficient (Wildman–Crippen LogP) is 4.46. The highest BCUT2D eigenvalue weighted by atomic mass is 32.1. The zero-order chi connectivity index (χ0) is 17.0. The lowest BCUT2D eigenvalue weighted by atomic mass is 9.99. The molecule has 1 unspecified atom stereocenters. The van der Waals surface area contributed by atoms with Crippen molar-refractivity contribution in [2.45, 2.75) is 45.2 Å². The number of rotatable bonds is 2. The van der Waals surface area contributed by atoms with Gasteiger partial charge in [0.25, 0.3) is 0 Å². The summed E-state index contributed by atoms with van der Waals surface area (Å²) in [5.41, 5.74) is 5.85. The molecule has 0 fully saturated rings. The average molecular weight is 351 g/mol. The topological polar surface area (TPSA) is 33.5 Å². The van der Waals surface area contributed by atoms with E-state index >= 15 is 0 Å². The normalized spacial score (nSPS) is 20.0. The summed E-state index contributed by atoms with van der Waals surface area (Å²) in [7, 11) is 0. The molecule has 128 valence electrons. The summed E-state index contributed by atoms with van der Waals surface area (Å²) >= 11 is 1.86. The lowest BCUT2D eigenvalue weighted by molar-refractivity contribution is 0.192. The number of hydrogen-bond acceptors (Lipinski definition) is 4. The molecule has 1 atom stereocenters. The van der Waals surface area contributed by atoms with E-state index in [1.54, 1.807) is 6.07 Å². The van der Waals surface area contributed by atoms with Crippen LogP contribution in [0.25, 0.3) is 11.0 Å². The number of fused-ring (bicyclic) bond motifs is 3. The number of hydrogen-bond donors (Lipinski definition) is 0. The minimum Gasteiger partial charge on any atom is -0.423 e. The van der Waals surface area contributed by atoms with E-state index in [4.69, 9.17) is 4.42 Å². The molecule has 3 aromatic rings. The van der Waals surface area contributed by atoms with Gasteiger partial charge in [-0.05, 0) is 78.4 Å². The van der Waals surface area contributed by atoms with Crippen LogP contribution >= 0.6 is 11.3 Å². The van der Waals surface area contributed by atoms with Gasteiger partial charge in [-0.3, -0.25) is 4.90 Å². The Bertz CT molecular complexity index is 1020. The Kier molecular flexibility index (Phi) is 3.57. The van der Waals surface area contributed by atoms with Crippen LogP contribution in [-0.4, -0.2) is 11.4 Å². The second-order valence-corrected chi connectivity index (χ2v) is 8.26. The summed E-state index contributed by atoms with van der Waals surface area (Å²) in [6.45, 7) is 4.12. The smallest absolute Gasteiger partial charge is 0.336 e. The van der Waals surface area contributed by atoms with Crippen LogP contribution in [-0.2, 0) is 25.8 Å². The molecule has 1 aliphatic heterocycles. The highest BCUT2D eigenvalue weighted by Crippen LogP contribution is 2.35. The molecule has 4 heteroatoms. The van der Waals surface area contributed by atoms with Crippen molar-refractivity contribution >= 4 is 22.3 Å². The summed E-state index contributed by atoms with van der Waals surface area (Å²) < 4.78 is 5.52. The van der Waals surface area contributed by atoms with Gasteiger partial charge < -0.3 is 4.42 Å². The molecule has 1 aliphatic carbocycles. The van der Waals surface area contributed by atoms with Gasteiger partial charge in [-0.15, -0.1) is 11.3 Å². The summed E-state index contributed by atoms with van der Waals surface area (Å²) in [4.78, 5) is 16.1. The molecule has 3 nitrogen and oxygen atoms in total. The highest BCUT2D eigenvalue weighted by Gasteiger charge is 2.25. The van der Waals surface area contributed by atoms with E-state index in [2.05, 4.69) is 35.4 Å². The fourth-order valence-electron chi connectivity index (χ4n) is 4.42. The Morgan fingerprint density at radius 1 is 1.20 bits per heavy atom. The van der Waals surface area contributed by atoms with Gasteiger partial charge in [-0.25, -0.2) is 4.79 Å². The monoisotopic (exact) mass is 351 g/mol. The van der Waals surface area contributed by atoms with Crippen LogP contribution in [0.3, 0.4) is 0 Å². The van der Waals surface area contributed by atoms with Gasteiger partial charge in [-0.1, -0.05) is 0 Å². The third kappa shape index (κ3) is 2.55. The van der Waals surface area contributed by atoms with Crippen molar-refractivity contribution in [1.82, 2.24) is 4.90 Å². The molecule has 0 amide bonds. The van der Waals surface area contributed by atoms with Gasteiger partial charge in [0, 0.05) is 35.5 Å². The van der Waals surface area contributed by atoms with Crippen LogP contribution in [0.15, 0.2) is 38.9 Å². The van der Waals surface area contributed by atoms with E-state index in [1.807, 2.05) is 11.3 Å². The molecule has 2 aliphatic rings. The van der Waals surface area contributed by atoms with Gasteiger partial charge in [0.15, 0.2) is 0 Å². The third-order valence-electron chi connectivity index (χ3n) is 5.82. The maximum atomic E-state index is 12.1. The van der Waals surface area contributed by atoms with Gasteiger partial charge in [-0.2, -0.15) is 0 Å². The minimum atomic E-state index is -0.235. The first-order valence-electron chi connectivity index (χ1n) is 9.08. The average Bonchev–Trinajstić information content (AvgIpc) is 3.24.